The number of amides is 1. The van der Waals surface area contributed by atoms with Gasteiger partial charge in [-0.2, -0.15) is 0 Å². The summed E-state index contributed by atoms with van der Waals surface area (Å²) >= 11 is 11.8. The Morgan fingerprint density at radius 3 is 2.65 bits per heavy atom. The maximum atomic E-state index is 11.8. The minimum atomic E-state index is -0.213. The van der Waals surface area contributed by atoms with Crippen molar-refractivity contribution in [3.05, 3.63) is 33.8 Å². The van der Waals surface area contributed by atoms with Crippen LogP contribution in [-0.2, 0) is 0 Å². The molecule has 0 aromatic heterocycles. The third-order valence-electron chi connectivity index (χ3n) is 2.26. The minimum Gasteiger partial charge on any atom is -0.350 e. The molecule has 0 bridgehead atoms. The fourth-order valence-electron chi connectivity index (χ4n) is 1.12. The van der Waals surface area contributed by atoms with Crippen LogP contribution in [0.4, 0.5) is 0 Å². The number of carbonyl (C=O) groups is 1. The second kappa shape index (κ2) is 7.77. The lowest BCUT2D eigenvalue weighted by Gasteiger charge is -2.12. The van der Waals surface area contributed by atoms with E-state index in [-0.39, 0.29) is 24.4 Å². The van der Waals surface area contributed by atoms with Gasteiger partial charge in [-0.3, -0.25) is 4.79 Å². The molecule has 1 unspecified atom stereocenters. The molecule has 0 fully saturated rings. The van der Waals surface area contributed by atoms with Crippen molar-refractivity contribution >= 4 is 41.5 Å². The number of halogens is 3. The van der Waals surface area contributed by atoms with E-state index in [0.29, 0.717) is 22.2 Å². The number of hydrogen-bond acceptors (Lipinski definition) is 2. The molecule has 1 amide bonds. The van der Waals surface area contributed by atoms with Crippen LogP contribution in [0.3, 0.4) is 0 Å². The number of carbonyl (C=O) groups excluding carboxylic acids is 1. The van der Waals surface area contributed by atoms with Crippen LogP contribution >= 0.6 is 35.6 Å². The Morgan fingerprint density at radius 2 is 2.06 bits per heavy atom. The first kappa shape index (κ1) is 16.5. The van der Waals surface area contributed by atoms with Crippen LogP contribution in [0.15, 0.2) is 18.2 Å². The second-order valence-electron chi connectivity index (χ2n) is 3.50. The highest BCUT2D eigenvalue weighted by atomic mass is 35.5. The normalized spacial score (nSPS) is 11.5. The topological polar surface area (TPSA) is 41.1 Å². The smallest absolute Gasteiger partial charge is 0.252 e. The summed E-state index contributed by atoms with van der Waals surface area (Å²) < 4.78 is 0. The van der Waals surface area contributed by atoms with E-state index < -0.39 is 0 Å². The van der Waals surface area contributed by atoms with Crippen LogP contribution in [0.5, 0.6) is 0 Å². The third-order valence-corrected chi connectivity index (χ3v) is 3.08. The van der Waals surface area contributed by atoms with E-state index in [1.165, 1.54) is 0 Å². The van der Waals surface area contributed by atoms with Crippen molar-refractivity contribution in [3.8, 4) is 0 Å². The largest absolute Gasteiger partial charge is 0.350 e. The summed E-state index contributed by atoms with van der Waals surface area (Å²) in [6.45, 7) is 2.51. The summed E-state index contributed by atoms with van der Waals surface area (Å²) in [7, 11) is 1.84. The van der Waals surface area contributed by atoms with Gasteiger partial charge in [-0.25, -0.2) is 0 Å². The number of rotatable bonds is 4. The summed E-state index contributed by atoms with van der Waals surface area (Å²) in [5, 5.41) is 6.47. The molecule has 1 aromatic rings. The Bertz CT molecular complexity index is 385. The van der Waals surface area contributed by atoms with Crippen molar-refractivity contribution < 1.29 is 4.79 Å². The highest BCUT2D eigenvalue weighted by molar-refractivity contribution is 6.43. The molecule has 0 radical (unpaired) electrons. The van der Waals surface area contributed by atoms with Gasteiger partial charge in [-0.1, -0.05) is 29.3 Å². The van der Waals surface area contributed by atoms with Gasteiger partial charge in [0.1, 0.15) is 0 Å². The fraction of sp³-hybridized carbons (Fsp3) is 0.364. The molecule has 6 heteroatoms. The van der Waals surface area contributed by atoms with Gasteiger partial charge >= 0.3 is 0 Å². The maximum Gasteiger partial charge on any atom is 0.252 e. The van der Waals surface area contributed by atoms with Crippen LogP contribution in [0.25, 0.3) is 0 Å². The summed E-state index contributed by atoms with van der Waals surface area (Å²) in [4.78, 5) is 11.8. The van der Waals surface area contributed by atoms with E-state index in [1.807, 2.05) is 14.0 Å². The van der Waals surface area contributed by atoms with Gasteiger partial charge in [-0.15, -0.1) is 12.4 Å². The van der Waals surface area contributed by atoms with Crippen molar-refractivity contribution in [2.24, 2.45) is 0 Å². The lowest BCUT2D eigenvalue weighted by Crippen LogP contribution is -2.37. The molecule has 1 atom stereocenters. The molecule has 0 saturated carbocycles. The molecule has 0 aliphatic rings. The molecule has 3 nitrogen and oxygen atoms in total. The number of likely N-dealkylation sites (N-methyl/N-ethyl adjacent to an activating group) is 1. The summed E-state index contributed by atoms with van der Waals surface area (Å²) in [5.41, 5.74) is 0.400. The summed E-state index contributed by atoms with van der Waals surface area (Å²) in [6, 6.07) is 5.21. The van der Waals surface area contributed by atoms with Gasteiger partial charge in [0.25, 0.3) is 5.91 Å². The quantitative estimate of drug-likeness (QED) is 0.897. The molecular formula is C11H15Cl3N2O. The van der Waals surface area contributed by atoms with Gasteiger partial charge in [0.2, 0.25) is 0 Å². The van der Waals surface area contributed by atoms with Crippen molar-refractivity contribution in [3.63, 3.8) is 0 Å². The number of hydrogen-bond donors (Lipinski definition) is 2. The Morgan fingerprint density at radius 1 is 1.41 bits per heavy atom. The summed E-state index contributed by atoms with van der Waals surface area (Å²) in [5.74, 6) is -0.213. The van der Waals surface area contributed by atoms with Crippen molar-refractivity contribution in [2.75, 3.05) is 13.6 Å². The van der Waals surface area contributed by atoms with E-state index in [0.717, 1.165) is 0 Å². The molecule has 0 saturated heterocycles. The first-order valence-corrected chi connectivity index (χ1v) is 5.71. The molecule has 17 heavy (non-hydrogen) atoms. The van der Waals surface area contributed by atoms with Gasteiger partial charge in [-0.05, 0) is 26.1 Å². The SMILES string of the molecule is CNC(C)CNC(=O)c1cccc(Cl)c1Cl.Cl. The zero-order valence-electron chi connectivity index (χ0n) is 9.59. The third kappa shape index (κ3) is 4.72. The van der Waals surface area contributed by atoms with Crippen LogP contribution in [0.2, 0.25) is 10.0 Å². The summed E-state index contributed by atoms with van der Waals surface area (Å²) in [6.07, 6.45) is 0. The molecule has 2 N–H and O–H groups in total. The minimum absolute atomic E-state index is 0. The molecule has 1 aromatic carbocycles. The lowest BCUT2D eigenvalue weighted by atomic mass is 10.2. The van der Waals surface area contributed by atoms with E-state index in [4.69, 9.17) is 23.2 Å². The van der Waals surface area contributed by atoms with Crippen molar-refractivity contribution in [1.29, 1.82) is 0 Å². The molecule has 0 spiro atoms. The monoisotopic (exact) mass is 296 g/mol. The van der Waals surface area contributed by atoms with Crippen molar-refractivity contribution in [2.45, 2.75) is 13.0 Å². The molecule has 0 aliphatic carbocycles. The highest BCUT2D eigenvalue weighted by Crippen LogP contribution is 2.25. The Kier molecular flexibility index (Phi) is 7.55. The van der Waals surface area contributed by atoms with Crippen LogP contribution in [0.1, 0.15) is 17.3 Å². The van der Waals surface area contributed by atoms with Crippen LogP contribution in [0, 0.1) is 0 Å². The van der Waals surface area contributed by atoms with Gasteiger partial charge < -0.3 is 10.6 Å². The average molecular weight is 298 g/mol. The van der Waals surface area contributed by atoms with Gasteiger partial charge in [0, 0.05) is 12.6 Å². The molecule has 96 valence electrons. The molecular weight excluding hydrogens is 282 g/mol. The molecule has 1 rings (SSSR count). The molecule has 0 aliphatic heterocycles. The zero-order chi connectivity index (χ0) is 12.1. The number of benzene rings is 1. The molecule has 0 heterocycles. The lowest BCUT2D eigenvalue weighted by molar-refractivity contribution is 0.0950. The predicted octanol–water partition coefficient (Wildman–Crippen LogP) is 2.75. The van der Waals surface area contributed by atoms with Crippen molar-refractivity contribution in [1.82, 2.24) is 10.6 Å². The van der Waals surface area contributed by atoms with E-state index in [1.54, 1.807) is 18.2 Å². The fourth-order valence-corrected chi connectivity index (χ4v) is 1.51. The average Bonchev–Trinajstić information content (AvgIpc) is 2.29. The standard InChI is InChI=1S/C11H14Cl2N2O.ClH/c1-7(14-2)6-15-11(16)8-4-3-5-9(12)10(8)13;/h3-5,7,14H,6H2,1-2H3,(H,15,16);1H. The first-order valence-electron chi connectivity index (χ1n) is 4.95. The highest BCUT2D eigenvalue weighted by Gasteiger charge is 2.12. The maximum absolute atomic E-state index is 11.8. The number of nitrogens with one attached hydrogen (secondary N) is 2. The Labute approximate surface area is 117 Å². The van der Waals surface area contributed by atoms with Crippen LogP contribution < -0.4 is 10.6 Å². The second-order valence-corrected chi connectivity index (χ2v) is 4.29. The van der Waals surface area contributed by atoms with E-state index >= 15 is 0 Å². The Balaban J connectivity index is 0.00000256. The zero-order valence-corrected chi connectivity index (χ0v) is 11.9. The van der Waals surface area contributed by atoms with E-state index in [9.17, 15) is 4.79 Å². The first-order chi connectivity index (χ1) is 7.56. The predicted molar refractivity (Wildman–Crippen MR) is 74.6 cm³/mol. The Hall–Kier alpha value is -0.480. The van der Waals surface area contributed by atoms with Gasteiger partial charge in [0.05, 0.1) is 15.6 Å². The van der Waals surface area contributed by atoms with Gasteiger partial charge in [0.15, 0.2) is 0 Å². The van der Waals surface area contributed by atoms with E-state index in [2.05, 4.69) is 10.6 Å². The van der Waals surface area contributed by atoms with Crippen LogP contribution in [-0.4, -0.2) is 25.5 Å².